The number of aryl methyl sites for hydroxylation is 1. The highest BCUT2D eigenvalue weighted by Gasteiger charge is 2.30. The second-order valence-corrected chi connectivity index (χ2v) is 8.34. The van der Waals surface area contributed by atoms with E-state index in [0.29, 0.717) is 24.6 Å². The van der Waals surface area contributed by atoms with Crippen LogP contribution in [0.4, 0.5) is 11.6 Å². The quantitative estimate of drug-likeness (QED) is 0.755. The highest BCUT2D eigenvalue weighted by atomic mass is 32.2. The van der Waals surface area contributed by atoms with Crippen LogP contribution in [0.1, 0.15) is 11.1 Å². The maximum Gasteiger partial charge on any atom is 0.264 e. The van der Waals surface area contributed by atoms with Crippen molar-refractivity contribution in [2.24, 2.45) is 0 Å². The lowest BCUT2D eigenvalue weighted by Gasteiger charge is -2.24. The van der Waals surface area contributed by atoms with E-state index in [1.807, 2.05) is 43.3 Å². The van der Waals surface area contributed by atoms with Crippen molar-refractivity contribution in [2.45, 2.75) is 18.2 Å². The fraction of sp³-hybridized carbons (Fsp3) is 0.200. The molecule has 1 N–H and O–H groups in total. The zero-order valence-corrected chi connectivity index (χ0v) is 16.0. The van der Waals surface area contributed by atoms with Gasteiger partial charge in [-0.05, 0) is 37.1 Å². The van der Waals surface area contributed by atoms with Gasteiger partial charge in [0.1, 0.15) is 0 Å². The molecule has 4 rings (SSSR count). The molecule has 0 fully saturated rings. The molecule has 1 aliphatic heterocycles. The van der Waals surface area contributed by atoms with Crippen LogP contribution in [0.3, 0.4) is 0 Å². The third-order valence-corrected chi connectivity index (χ3v) is 6.54. The summed E-state index contributed by atoms with van der Waals surface area (Å²) < 4.78 is 28.2. The summed E-state index contributed by atoms with van der Waals surface area (Å²) in [5, 5.41) is 2.95. The van der Waals surface area contributed by atoms with Crippen molar-refractivity contribution in [3.8, 4) is 11.3 Å². The van der Waals surface area contributed by atoms with Gasteiger partial charge < -0.3 is 5.32 Å². The topological polar surface area (TPSA) is 75.2 Å². The van der Waals surface area contributed by atoms with Crippen LogP contribution in [0.5, 0.6) is 0 Å². The Morgan fingerprint density at radius 1 is 1.07 bits per heavy atom. The molecule has 6 nitrogen and oxygen atoms in total. The molecule has 0 bridgehead atoms. The number of benzene rings is 2. The number of rotatable bonds is 3. The van der Waals surface area contributed by atoms with E-state index in [2.05, 4.69) is 15.3 Å². The molecule has 2 aromatic carbocycles. The first kappa shape index (κ1) is 17.5. The van der Waals surface area contributed by atoms with E-state index in [-0.39, 0.29) is 4.90 Å². The molecule has 0 unspecified atom stereocenters. The Labute approximate surface area is 159 Å². The summed E-state index contributed by atoms with van der Waals surface area (Å²) in [6.45, 7) is 2.27. The Morgan fingerprint density at radius 2 is 1.81 bits per heavy atom. The minimum Gasteiger partial charge on any atom is -0.357 e. The number of hydrogen-bond donors (Lipinski definition) is 1. The fourth-order valence-corrected chi connectivity index (χ4v) is 4.75. The van der Waals surface area contributed by atoms with E-state index in [0.717, 1.165) is 22.4 Å². The number of nitrogens with one attached hydrogen (secondary N) is 1. The van der Waals surface area contributed by atoms with E-state index in [9.17, 15) is 8.42 Å². The normalized spacial score (nSPS) is 13.5. The number of sulfonamides is 1. The lowest BCUT2D eigenvalue weighted by molar-refractivity contribution is 0.591. The molecule has 2 heterocycles. The highest BCUT2D eigenvalue weighted by Crippen LogP contribution is 2.37. The van der Waals surface area contributed by atoms with Gasteiger partial charge in [0.15, 0.2) is 0 Å². The average Bonchev–Trinajstić information content (AvgIpc) is 2.85. The number of hydrogen-bond acceptors (Lipinski definition) is 5. The molecule has 0 aliphatic carbocycles. The van der Waals surface area contributed by atoms with Crippen molar-refractivity contribution < 1.29 is 8.42 Å². The molecule has 0 amide bonds. The van der Waals surface area contributed by atoms with Crippen LogP contribution < -0.4 is 9.62 Å². The number of fused-ring (bicyclic) bond motifs is 3. The van der Waals surface area contributed by atoms with Crippen molar-refractivity contribution >= 4 is 21.7 Å². The summed E-state index contributed by atoms with van der Waals surface area (Å²) in [7, 11) is -1.92. The third-order valence-electron chi connectivity index (χ3n) is 4.71. The predicted molar refractivity (Wildman–Crippen MR) is 106 cm³/mol. The summed E-state index contributed by atoms with van der Waals surface area (Å²) in [6, 6.07) is 14.4. The molecular formula is C20H20N4O2S. The Balaban J connectivity index is 1.88. The van der Waals surface area contributed by atoms with Crippen LogP contribution in [-0.2, 0) is 16.4 Å². The third kappa shape index (κ3) is 3.04. The monoisotopic (exact) mass is 380 g/mol. The summed E-state index contributed by atoms with van der Waals surface area (Å²) in [5.41, 5.74) is 4.15. The van der Waals surface area contributed by atoms with Gasteiger partial charge in [-0.2, -0.15) is 0 Å². The van der Waals surface area contributed by atoms with E-state index >= 15 is 0 Å². The van der Waals surface area contributed by atoms with Crippen LogP contribution in [-0.4, -0.2) is 32.0 Å². The molecule has 0 saturated heterocycles. The van der Waals surface area contributed by atoms with E-state index in [4.69, 9.17) is 0 Å². The fourth-order valence-electron chi connectivity index (χ4n) is 3.26. The first-order chi connectivity index (χ1) is 13.0. The predicted octanol–water partition coefficient (Wildman–Crippen LogP) is 3.25. The highest BCUT2D eigenvalue weighted by molar-refractivity contribution is 7.92. The molecular weight excluding hydrogens is 360 g/mol. The Kier molecular flexibility index (Phi) is 4.31. The Bertz CT molecular complexity index is 1100. The van der Waals surface area contributed by atoms with Crippen LogP contribution >= 0.6 is 0 Å². The van der Waals surface area contributed by atoms with Crippen LogP contribution in [0.25, 0.3) is 11.3 Å². The minimum atomic E-state index is -3.68. The lowest BCUT2D eigenvalue weighted by atomic mass is 10.1. The van der Waals surface area contributed by atoms with Gasteiger partial charge in [0, 0.05) is 25.4 Å². The zero-order valence-electron chi connectivity index (χ0n) is 15.2. The molecule has 7 heteroatoms. The first-order valence-corrected chi connectivity index (χ1v) is 10.2. The van der Waals surface area contributed by atoms with Crippen molar-refractivity contribution in [3.63, 3.8) is 0 Å². The van der Waals surface area contributed by atoms with Crippen molar-refractivity contribution in [3.05, 3.63) is 65.9 Å². The number of aromatic nitrogens is 2. The smallest absolute Gasteiger partial charge is 0.264 e. The summed E-state index contributed by atoms with van der Waals surface area (Å²) in [5.74, 6) is 0.512. The Morgan fingerprint density at radius 3 is 2.56 bits per heavy atom. The van der Waals surface area contributed by atoms with Gasteiger partial charge in [0.2, 0.25) is 5.95 Å². The number of nitrogens with zero attached hydrogens (tertiary/aromatic N) is 3. The minimum absolute atomic E-state index is 0.288. The van der Waals surface area contributed by atoms with E-state index in [1.165, 1.54) is 4.31 Å². The standard InChI is InChI=1S/C20H20N4O2S/c1-14-7-9-16(10-8-14)27(25,26)24-12-11-15-13-22-20(21-2)23-19(15)17-5-3-4-6-18(17)24/h3-10,13H,11-12H2,1-2H3,(H,21,22,23). The lowest BCUT2D eigenvalue weighted by Crippen LogP contribution is -2.32. The number of anilines is 2. The summed E-state index contributed by atoms with van der Waals surface area (Å²) >= 11 is 0. The molecule has 0 radical (unpaired) electrons. The summed E-state index contributed by atoms with van der Waals surface area (Å²) in [4.78, 5) is 9.17. The Hall–Kier alpha value is -2.93. The molecule has 138 valence electrons. The SMILES string of the molecule is CNc1ncc2c(n1)-c1ccccc1N(S(=O)(=O)c1ccc(C)cc1)CC2. The van der Waals surface area contributed by atoms with Crippen molar-refractivity contribution in [2.75, 3.05) is 23.2 Å². The molecule has 1 aromatic heterocycles. The maximum absolute atomic E-state index is 13.4. The second-order valence-electron chi connectivity index (χ2n) is 6.47. The van der Waals surface area contributed by atoms with Crippen molar-refractivity contribution in [1.82, 2.24) is 9.97 Å². The average molecular weight is 380 g/mol. The van der Waals surface area contributed by atoms with Gasteiger partial charge in [0.05, 0.1) is 16.3 Å². The summed E-state index contributed by atoms with van der Waals surface area (Å²) in [6.07, 6.45) is 2.31. The van der Waals surface area contributed by atoms with Crippen molar-refractivity contribution in [1.29, 1.82) is 0 Å². The van der Waals surface area contributed by atoms with Crippen LogP contribution in [0.2, 0.25) is 0 Å². The molecule has 0 spiro atoms. The van der Waals surface area contributed by atoms with E-state index < -0.39 is 10.0 Å². The number of para-hydroxylation sites is 1. The van der Waals surface area contributed by atoms with Gasteiger partial charge in [0.25, 0.3) is 10.0 Å². The molecule has 0 saturated carbocycles. The molecule has 1 aliphatic rings. The molecule has 27 heavy (non-hydrogen) atoms. The van der Waals surface area contributed by atoms with Gasteiger partial charge in [-0.3, -0.25) is 4.31 Å². The first-order valence-electron chi connectivity index (χ1n) is 8.73. The second kappa shape index (κ2) is 6.66. The molecule has 0 atom stereocenters. The zero-order chi connectivity index (χ0) is 19.0. The van der Waals surface area contributed by atoms with Gasteiger partial charge in [-0.1, -0.05) is 35.9 Å². The van der Waals surface area contributed by atoms with Gasteiger partial charge >= 0.3 is 0 Å². The largest absolute Gasteiger partial charge is 0.357 e. The van der Waals surface area contributed by atoms with Crippen LogP contribution in [0.15, 0.2) is 59.6 Å². The maximum atomic E-state index is 13.4. The van der Waals surface area contributed by atoms with E-state index in [1.54, 1.807) is 25.4 Å². The van der Waals surface area contributed by atoms with Gasteiger partial charge in [-0.15, -0.1) is 0 Å². The van der Waals surface area contributed by atoms with Crippen LogP contribution in [0, 0.1) is 6.92 Å². The van der Waals surface area contributed by atoms with Gasteiger partial charge in [-0.25, -0.2) is 18.4 Å². The molecule has 3 aromatic rings.